The van der Waals surface area contributed by atoms with E-state index in [1.165, 1.54) is 0 Å². The first-order valence-electron chi connectivity index (χ1n) is 9.11. The number of rotatable bonds is 6. The normalized spacial score (nSPS) is 12.6. The summed E-state index contributed by atoms with van der Waals surface area (Å²) in [6.45, 7) is 0.874. The van der Waals surface area contributed by atoms with Crippen molar-refractivity contribution in [3.8, 4) is 5.75 Å². The summed E-state index contributed by atoms with van der Waals surface area (Å²) in [6, 6.07) is 24.5. The third-order valence-electron chi connectivity index (χ3n) is 4.60. The van der Waals surface area contributed by atoms with Crippen molar-refractivity contribution in [1.82, 2.24) is 0 Å². The molecular formula is C24H19NO3. The van der Waals surface area contributed by atoms with E-state index < -0.39 is 0 Å². The number of Topliss-reactive ketones (excluding diaryl/α,β-unsaturated/α-hetero) is 2. The van der Waals surface area contributed by atoms with Crippen molar-refractivity contribution in [3.05, 3.63) is 107 Å². The summed E-state index contributed by atoms with van der Waals surface area (Å²) in [4.78, 5) is 24.8. The monoisotopic (exact) mass is 369 g/mol. The average molecular weight is 369 g/mol. The second-order valence-corrected chi connectivity index (χ2v) is 6.50. The lowest BCUT2D eigenvalue weighted by Crippen LogP contribution is -2.06. The van der Waals surface area contributed by atoms with Crippen molar-refractivity contribution in [1.29, 1.82) is 0 Å². The first-order valence-corrected chi connectivity index (χ1v) is 9.11. The Balaban J connectivity index is 1.39. The highest BCUT2D eigenvalue weighted by Gasteiger charge is 2.32. The van der Waals surface area contributed by atoms with Gasteiger partial charge in [0, 0.05) is 29.4 Å². The van der Waals surface area contributed by atoms with Crippen LogP contribution in [0.25, 0.3) is 0 Å². The molecule has 0 spiro atoms. The maximum atomic E-state index is 12.4. The molecule has 3 aromatic rings. The highest BCUT2D eigenvalue weighted by molar-refractivity contribution is 6.39. The molecule has 0 fully saturated rings. The Morgan fingerprint density at radius 3 is 2.18 bits per heavy atom. The zero-order valence-electron chi connectivity index (χ0n) is 15.2. The number of benzene rings is 3. The molecule has 0 radical (unpaired) electrons. The van der Waals surface area contributed by atoms with Crippen LogP contribution in [0.3, 0.4) is 0 Å². The van der Waals surface area contributed by atoms with Gasteiger partial charge in [-0.2, -0.15) is 0 Å². The van der Waals surface area contributed by atoms with Crippen LogP contribution in [0.15, 0.2) is 90.5 Å². The largest absolute Gasteiger partial charge is 0.489 e. The number of fused-ring (bicyclic) bond motifs is 1. The third kappa shape index (κ3) is 3.71. The Bertz CT molecular complexity index is 1020. The summed E-state index contributed by atoms with van der Waals surface area (Å²) in [5, 5.41) is 3.22. The summed E-state index contributed by atoms with van der Waals surface area (Å²) in [6.07, 6.45) is 1.65. The molecule has 4 heteroatoms. The van der Waals surface area contributed by atoms with E-state index in [1.807, 2.05) is 54.6 Å². The summed E-state index contributed by atoms with van der Waals surface area (Å²) in [7, 11) is 0. The second kappa shape index (κ2) is 7.92. The maximum absolute atomic E-state index is 12.4. The number of anilines is 1. The number of carbonyl (C=O) groups is 2. The minimum Gasteiger partial charge on any atom is -0.489 e. The molecule has 138 valence electrons. The third-order valence-corrected chi connectivity index (χ3v) is 4.60. The first kappa shape index (κ1) is 17.7. The highest BCUT2D eigenvalue weighted by atomic mass is 16.5. The van der Waals surface area contributed by atoms with Crippen LogP contribution in [0.2, 0.25) is 0 Å². The van der Waals surface area contributed by atoms with Gasteiger partial charge in [0.15, 0.2) is 11.6 Å². The molecule has 0 aromatic heterocycles. The van der Waals surface area contributed by atoms with E-state index >= 15 is 0 Å². The Morgan fingerprint density at radius 1 is 0.786 bits per heavy atom. The van der Waals surface area contributed by atoms with E-state index in [4.69, 9.17) is 4.74 Å². The molecule has 4 nitrogen and oxygen atoms in total. The van der Waals surface area contributed by atoms with E-state index in [1.54, 1.807) is 30.3 Å². The van der Waals surface area contributed by atoms with Crippen LogP contribution in [0, 0.1) is 0 Å². The minimum absolute atomic E-state index is 0.206. The van der Waals surface area contributed by atoms with E-state index in [2.05, 4.69) is 5.32 Å². The number of ether oxygens (including phenoxy) is 1. The molecule has 1 aliphatic rings. The summed E-state index contributed by atoms with van der Waals surface area (Å²) < 4.78 is 5.83. The molecular weight excluding hydrogens is 350 g/mol. The molecule has 1 aliphatic carbocycles. The molecule has 0 unspecified atom stereocenters. The van der Waals surface area contributed by atoms with Crippen LogP contribution < -0.4 is 10.1 Å². The van der Waals surface area contributed by atoms with Gasteiger partial charge in [0.1, 0.15) is 12.4 Å². The summed E-state index contributed by atoms with van der Waals surface area (Å²) in [5.41, 5.74) is 3.15. The van der Waals surface area contributed by atoms with Crippen molar-refractivity contribution >= 4 is 17.3 Å². The molecule has 4 rings (SSSR count). The second-order valence-electron chi connectivity index (χ2n) is 6.50. The highest BCUT2D eigenvalue weighted by Crippen LogP contribution is 2.26. The zero-order valence-corrected chi connectivity index (χ0v) is 15.2. The quantitative estimate of drug-likeness (QED) is 0.506. The number of hydrogen-bond acceptors (Lipinski definition) is 4. The van der Waals surface area contributed by atoms with Gasteiger partial charge in [-0.15, -0.1) is 0 Å². The van der Waals surface area contributed by atoms with Crippen LogP contribution in [0.4, 0.5) is 5.69 Å². The van der Waals surface area contributed by atoms with Crippen LogP contribution in [-0.2, 0) is 6.61 Å². The number of ketones is 2. The molecule has 0 saturated heterocycles. The fourth-order valence-electron chi connectivity index (χ4n) is 3.17. The molecule has 0 amide bonds. The Labute approximate surface area is 163 Å². The van der Waals surface area contributed by atoms with Crippen LogP contribution >= 0.6 is 0 Å². The first-order chi connectivity index (χ1) is 13.7. The van der Waals surface area contributed by atoms with Gasteiger partial charge in [0.2, 0.25) is 0 Å². The smallest absolute Gasteiger partial charge is 0.197 e. The number of carbonyl (C=O) groups excluding carboxylic acids is 2. The van der Waals surface area contributed by atoms with Crippen LogP contribution in [-0.4, -0.2) is 18.1 Å². The van der Waals surface area contributed by atoms with Gasteiger partial charge < -0.3 is 10.1 Å². The van der Waals surface area contributed by atoms with Crippen molar-refractivity contribution in [3.63, 3.8) is 0 Å². The Kier molecular flexibility index (Phi) is 5.02. The van der Waals surface area contributed by atoms with Gasteiger partial charge in [0.05, 0.1) is 5.57 Å². The number of nitrogens with one attached hydrogen (secondary N) is 1. The predicted octanol–water partition coefficient (Wildman–Crippen LogP) is 4.68. The number of hydrogen-bond donors (Lipinski definition) is 1. The lowest BCUT2D eigenvalue weighted by molar-refractivity contribution is 0.0988. The predicted molar refractivity (Wildman–Crippen MR) is 109 cm³/mol. The Morgan fingerprint density at radius 2 is 1.46 bits per heavy atom. The van der Waals surface area contributed by atoms with E-state index in [9.17, 15) is 9.59 Å². The SMILES string of the molecule is O=C1C(=CCNc2cccc(OCc3ccccc3)c2)C(=O)c2ccccc21. The van der Waals surface area contributed by atoms with Crippen LogP contribution in [0.5, 0.6) is 5.75 Å². The average Bonchev–Trinajstić information content (AvgIpc) is 2.98. The molecule has 0 bridgehead atoms. The summed E-state index contributed by atoms with van der Waals surface area (Å²) >= 11 is 0. The zero-order chi connectivity index (χ0) is 19.3. The van der Waals surface area contributed by atoms with Gasteiger partial charge in [0.25, 0.3) is 0 Å². The lowest BCUT2D eigenvalue weighted by Gasteiger charge is -2.09. The lowest BCUT2D eigenvalue weighted by atomic mass is 10.1. The van der Waals surface area contributed by atoms with Crippen LogP contribution in [0.1, 0.15) is 26.3 Å². The van der Waals surface area contributed by atoms with Gasteiger partial charge in [-0.3, -0.25) is 9.59 Å². The van der Waals surface area contributed by atoms with E-state index in [-0.39, 0.29) is 17.1 Å². The summed E-state index contributed by atoms with van der Waals surface area (Å²) in [5.74, 6) is 0.339. The molecule has 0 atom stereocenters. The van der Waals surface area contributed by atoms with Crippen molar-refractivity contribution in [2.45, 2.75) is 6.61 Å². The van der Waals surface area contributed by atoms with Gasteiger partial charge in [-0.25, -0.2) is 0 Å². The molecule has 0 heterocycles. The molecule has 28 heavy (non-hydrogen) atoms. The topological polar surface area (TPSA) is 55.4 Å². The maximum Gasteiger partial charge on any atom is 0.197 e. The van der Waals surface area contributed by atoms with Gasteiger partial charge in [-0.1, -0.05) is 66.7 Å². The van der Waals surface area contributed by atoms with Gasteiger partial charge in [-0.05, 0) is 17.7 Å². The molecule has 3 aromatic carbocycles. The van der Waals surface area contributed by atoms with E-state index in [0.717, 1.165) is 17.0 Å². The standard InChI is InChI=1S/C24H19NO3/c26-23-20-11-4-5-12-21(20)24(27)22(23)13-14-25-18-9-6-10-19(15-18)28-16-17-7-2-1-3-8-17/h1-13,15,25H,14,16H2. The molecule has 0 saturated carbocycles. The number of allylic oxidation sites excluding steroid dienone is 1. The molecule has 1 N–H and O–H groups in total. The Hall–Kier alpha value is -3.66. The van der Waals surface area contributed by atoms with Gasteiger partial charge >= 0.3 is 0 Å². The fourth-order valence-corrected chi connectivity index (χ4v) is 3.17. The molecule has 0 aliphatic heterocycles. The van der Waals surface area contributed by atoms with Crippen molar-refractivity contribution in [2.24, 2.45) is 0 Å². The van der Waals surface area contributed by atoms with E-state index in [0.29, 0.717) is 24.3 Å². The fraction of sp³-hybridized carbons (Fsp3) is 0.0833. The minimum atomic E-state index is -0.206. The van der Waals surface area contributed by atoms with Crippen molar-refractivity contribution < 1.29 is 14.3 Å². The van der Waals surface area contributed by atoms with Crippen molar-refractivity contribution in [2.75, 3.05) is 11.9 Å².